The number of carbonyl (C=O) groups is 1. The molecule has 3 aromatic carbocycles. The van der Waals surface area contributed by atoms with Gasteiger partial charge in [0, 0.05) is 16.8 Å². The van der Waals surface area contributed by atoms with Gasteiger partial charge >= 0.3 is 0 Å². The van der Waals surface area contributed by atoms with Gasteiger partial charge in [-0.25, -0.2) is 5.43 Å². The van der Waals surface area contributed by atoms with Crippen molar-refractivity contribution >= 4 is 34.7 Å². The highest BCUT2D eigenvalue weighted by Crippen LogP contribution is 2.21. The van der Waals surface area contributed by atoms with E-state index in [4.69, 9.17) is 4.74 Å². The zero-order valence-electron chi connectivity index (χ0n) is 16.5. The topological polar surface area (TPSA) is 55.6 Å². The van der Waals surface area contributed by atoms with E-state index in [1.54, 1.807) is 13.3 Å². The molecule has 1 N–H and O–H groups in total. The van der Waals surface area contributed by atoms with E-state index in [1.165, 1.54) is 22.5 Å². The number of amides is 1. The molecule has 0 fully saturated rings. The highest BCUT2D eigenvalue weighted by molar-refractivity contribution is 8.00. The van der Waals surface area contributed by atoms with E-state index in [-0.39, 0.29) is 11.7 Å². The number of nitrogens with one attached hydrogen (secondary N) is 1. The minimum absolute atomic E-state index is 0.157. The third kappa shape index (κ3) is 4.72. The van der Waals surface area contributed by atoms with Crippen molar-refractivity contribution in [3.8, 4) is 11.4 Å². The second-order valence-electron chi connectivity index (χ2n) is 6.59. The Morgan fingerprint density at radius 2 is 1.83 bits per heavy atom. The Morgan fingerprint density at radius 3 is 2.63 bits per heavy atom. The number of nitrogens with zero attached hydrogens (tertiary/aromatic N) is 2. The van der Waals surface area contributed by atoms with Crippen molar-refractivity contribution < 1.29 is 9.53 Å². The molecule has 30 heavy (non-hydrogen) atoms. The van der Waals surface area contributed by atoms with Gasteiger partial charge in [0.05, 0.1) is 24.8 Å². The maximum Gasteiger partial charge on any atom is 0.250 e. The Kier molecular flexibility index (Phi) is 6.15. The van der Waals surface area contributed by atoms with E-state index in [1.807, 2.05) is 59.3 Å². The second kappa shape index (κ2) is 9.33. The minimum atomic E-state index is -0.157. The number of benzene rings is 3. The number of carbonyl (C=O) groups excluding carboxylic acids is 1. The van der Waals surface area contributed by atoms with Gasteiger partial charge in [-0.3, -0.25) is 4.79 Å². The molecule has 0 saturated heterocycles. The second-order valence-corrected chi connectivity index (χ2v) is 7.64. The lowest BCUT2D eigenvalue weighted by Gasteiger charge is -2.08. The first kappa shape index (κ1) is 19.8. The molecule has 0 unspecified atom stereocenters. The maximum atomic E-state index is 12.1. The Labute approximate surface area is 179 Å². The lowest BCUT2D eigenvalue weighted by Crippen LogP contribution is -2.19. The van der Waals surface area contributed by atoms with E-state index in [2.05, 4.69) is 40.9 Å². The smallest absolute Gasteiger partial charge is 0.250 e. The molecule has 0 bridgehead atoms. The normalized spacial score (nSPS) is 11.1. The first-order valence-corrected chi connectivity index (χ1v) is 10.5. The highest BCUT2D eigenvalue weighted by atomic mass is 32.2. The Hall–Kier alpha value is -3.51. The molecule has 0 radical (unpaired) electrons. The van der Waals surface area contributed by atoms with Gasteiger partial charge in [0.2, 0.25) is 5.91 Å². The Bertz CT molecular complexity index is 1180. The first-order chi connectivity index (χ1) is 14.7. The largest absolute Gasteiger partial charge is 0.497 e. The van der Waals surface area contributed by atoms with Crippen molar-refractivity contribution in [3.05, 3.63) is 90.8 Å². The van der Waals surface area contributed by atoms with Gasteiger partial charge in [0.15, 0.2) is 0 Å². The van der Waals surface area contributed by atoms with Crippen molar-refractivity contribution in [1.29, 1.82) is 0 Å². The summed E-state index contributed by atoms with van der Waals surface area (Å²) in [5, 5.41) is 6.50. The average molecular weight is 416 g/mol. The van der Waals surface area contributed by atoms with Crippen LogP contribution in [0, 0.1) is 0 Å². The van der Waals surface area contributed by atoms with Crippen LogP contribution in [-0.2, 0) is 4.79 Å². The SMILES string of the molecule is COc1ccc(SCC(=O)N/N=C\c2cccn2-c2ccc3ccccc3c2)cc1. The Morgan fingerprint density at radius 1 is 1.03 bits per heavy atom. The van der Waals surface area contributed by atoms with Gasteiger partial charge in [-0.2, -0.15) is 5.10 Å². The molecule has 0 atom stereocenters. The van der Waals surface area contributed by atoms with E-state index in [9.17, 15) is 4.79 Å². The molecular weight excluding hydrogens is 394 g/mol. The van der Waals surface area contributed by atoms with Crippen molar-refractivity contribution in [3.63, 3.8) is 0 Å². The van der Waals surface area contributed by atoms with Gasteiger partial charge in [-0.05, 0) is 59.3 Å². The molecule has 0 aliphatic carbocycles. The molecule has 5 nitrogen and oxygen atoms in total. The molecule has 0 aliphatic rings. The summed E-state index contributed by atoms with van der Waals surface area (Å²) in [4.78, 5) is 13.1. The molecule has 0 aliphatic heterocycles. The number of thioether (sulfide) groups is 1. The van der Waals surface area contributed by atoms with Crippen LogP contribution in [0.4, 0.5) is 0 Å². The van der Waals surface area contributed by atoms with Gasteiger partial charge < -0.3 is 9.30 Å². The number of hydrazone groups is 1. The summed E-state index contributed by atoms with van der Waals surface area (Å²) in [6.45, 7) is 0. The molecular formula is C24H21N3O2S. The molecule has 1 amide bonds. The lowest BCUT2D eigenvalue weighted by molar-refractivity contribution is -0.118. The quantitative estimate of drug-likeness (QED) is 0.266. The van der Waals surface area contributed by atoms with Crippen LogP contribution in [0.15, 0.2) is 95.1 Å². The molecule has 4 rings (SSSR count). The third-order valence-electron chi connectivity index (χ3n) is 4.61. The summed E-state index contributed by atoms with van der Waals surface area (Å²) in [5.41, 5.74) is 4.52. The van der Waals surface area contributed by atoms with E-state index < -0.39 is 0 Å². The third-order valence-corrected chi connectivity index (χ3v) is 5.62. The standard InChI is InChI=1S/C24H21N3O2S/c1-29-22-10-12-23(13-11-22)30-17-24(28)26-25-16-21-7-4-14-27(21)20-9-8-18-5-2-3-6-19(18)15-20/h2-16H,17H2,1H3,(H,26,28)/b25-16-. The van der Waals surface area contributed by atoms with Gasteiger partial charge in [0.1, 0.15) is 5.75 Å². The molecule has 0 saturated carbocycles. The number of fused-ring (bicyclic) bond motifs is 1. The van der Waals surface area contributed by atoms with Gasteiger partial charge in [0.25, 0.3) is 0 Å². The summed E-state index contributed by atoms with van der Waals surface area (Å²) in [6.07, 6.45) is 3.64. The number of hydrogen-bond acceptors (Lipinski definition) is 4. The zero-order chi connectivity index (χ0) is 20.8. The summed E-state index contributed by atoms with van der Waals surface area (Å²) >= 11 is 1.45. The summed E-state index contributed by atoms with van der Waals surface area (Å²) in [5.74, 6) is 0.925. The highest BCUT2D eigenvalue weighted by Gasteiger charge is 2.04. The fraction of sp³-hybridized carbons (Fsp3) is 0.0833. The van der Waals surface area contributed by atoms with Crippen molar-refractivity contribution in [2.45, 2.75) is 4.90 Å². The number of aromatic nitrogens is 1. The van der Waals surface area contributed by atoms with Crippen LogP contribution in [0.1, 0.15) is 5.69 Å². The fourth-order valence-corrected chi connectivity index (χ4v) is 3.78. The van der Waals surface area contributed by atoms with Gasteiger partial charge in [-0.1, -0.05) is 30.3 Å². The molecule has 0 spiro atoms. The van der Waals surface area contributed by atoms with Crippen LogP contribution in [0.2, 0.25) is 0 Å². The summed E-state index contributed by atoms with van der Waals surface area (Å²) in [6, 6.07) is 26.1. The number of hydrogen-bond donors (Lipinski definition) is 1. The predicted octanol–water partition coefficient (Wildman–Crippen LogP) is 4.88. The molecule has 150 valence electrons. The fourth-order valence-electron chi connectivity index (χ4n) is 3.08. The van der Waals surface area contributed by atoms with Crippen molar-refractivity contribution in [1.82, 2.24) is 9.99 Å². The maximum absolute atomic E-state index is 12.1. The number of ether oxygens (including phenoxy) is 1. The van der Waals surface area contributed by atoms with Crippen LogP contribution in [0.3, 0.4) is 0 Å². The van der Waals surface area contributed by atoms with Crippen LogP contribution in [0.5, 0.6) is 5.75 Å². The molecule has 4 aromatic rings. The van der Waals surface area contributed by atoms with E-state index in [0.717, 1.165) is 22.0 Å². The summed E-state index contributed by atoms with van der Waals surface area (Å²) < 4.78 is 7.17. The minimum Gasteiger partial charge on any atom is -0.497 e. The van der Waals surface area contributed by atoms with Crippen LogP contribution in [-0.4, -0.2) is 29.6 Å². The number of rotatable bonds is 7. The van der Waals surface area contributed by atoms with Crippen LogP contribution < -0.4 is 10.2 Å². The number of methoxy groups -OCH3 is 1. The average Bonchev–Trinajstić information content (AvgIpc) is 3.26. The van der Waals surface area contributed by atoms with Crippen molar-refractivity contribution in [2.24, 2.45) is 5.10 Å². The van der Waals surface area contributed by atoms with E-state index >= 15 is 0 Å². The molecule has 1 heterocycles. The zero-order valence-corrected chi connectivity index (χ0v) is 17.3. The van der Waals surface area contributed by atoms with Crippen molar-refractivity contribution in [2.75, 3.05) is 12.9 Å². The molecule has 1 aromatic heterocycles. The van der Waals surface area contributed by atoms with Gasteiger partial charge in [-0.15, -0.1) is 11.8 Å². The predicted molar refractivity (Wildman–Crippen MR) is 123 cm³/mol. The monoisotopic (exact) mass is 415 g/mol. The summed E-state index contributed by atoms with van der Waals surface area (Å²) in [7, 11) is 1.63. The lowest BCUT2D eigenvalue weighted by atomic mass is 10.1. The van der Waals surface area contributed by atoms with E-state index in [0.29, 0.717) is 0 Å². The van der Waals surface area contributed by atoms with Crippen LogP contribution >= 0.6 is 11.8 Å². The first-order valence-electron chi connectivity index (χ1n) is 9.48. The molecule has 6 heteroatoms. The Balaban J connectivity index is 1.37. The van der Waals surface area contributed by atoms with Crippen LogP contribution in [0.25, 0.3) is 16.5 Å².